The number of halogens is 3. The first-order chi connectivity index (χ1) is 13.3. The molecule has 1 heterocycles. The van der Waals surface area contributed by atoms with Crippen LogP contribution >= 0.6 is 27.7 Å². The number of rotatable bonds is 5. The van der Waals surface area contributed by atoms with E-state index in [1.165, 1.54) is 4.57 Å². The summed E-state index contributed by atoms with van der Waals surface area (Å²) in [5, 5.41) is 2.53. The minimum atomic E-state index is -0.730. The first-order valence-electron chi connectivity index (χ1n) is 8.42. The van der Waals surface area contributed by atoms with Crippen molar-refractivity contribution in [1.29, 1.82) is 0 Å². The Hall–Kier alpha value is -2.26. The molecule has 0 fully saturated rings. The molecule has 3 rings (SSSR count). The van der Waals surface area contributed by atoms with Crippen LogP contribution in [0.4, 0.5) is 14.5 Å². The maximum Gasteiger partial charge on any atom is 0.262 e. The maximum atomic E-state index is 13.7. The summed E-state index contributed by atoms with van der Waals surface area (Å²) in [6, 6.07) is 8.04. The molecule has 1 amide bonds. The van der Waals surface area contributed by atoms with E-state index in [1.807, 2.05) is 6.92 Å². The van der Waals surface area contributed by atoms with Crippen LogP contribution in [0.25, 0.3) is 10.9 Å². The Morgan fingerprint density at radius 2 is 2.04 bits per heavy atom. The Morgan fingerprint density at radius 1 is 1.29 bits per heavy atom. The van der Waals surface area contributed by atoms with Crippen LogP contribution < -0.4 is 10.9 Å². The van der Waals surface area contributed by atoms with Crippen molar-refractivity contribution in [3.05, 3.63) is 62.9 Å². The SMILES string of the molecule is CCn1c(SC(C)C(=O)Nc2cc(F)ccc2F)nc2ccc(Br)cc2c1=O. The van der Waals surface area contributed by atoms with E-state index in [4.69, 9.17) is 0 Å². The predicted molar refractivity (Wildman–Crippen MR) is 110 cm³/mol. The number of hydrogen-bond acceptors (Lipinski definition) is 4. The van der Waals surface area contributed by atoms with Crippen molar-refractivity contribution in [2.24, 2.45) is 0 Å². The number of aromatic nitrogens is 2. The molecule has 0 radical (unpaired) electrons. The second kappa shape index (κ2) is 8.40. The first kappa shape index (κ1) is 20.5. The number of carbonyl (C=O) groups is 1. The second-order valence-corrected chi connectivity index (χ2v) is 8.20. The summed E-state index contributed by atoms with van der Waals surface area (Å²) in [4.78, 5) is 29.7. The zero-order chi connectivity index (χ0) is 20.4. The third-order valence-corrected chi connectivity index (χ3v) is 5.62. The van der Waals surface area contributed by atoms with Crippen LogP contribution in [0, 0.1) is 11.6 Å². The van der Waals surface area contributed by atoms with Gasteiger partial charge in [-0.05, 0) is 44.2 Å². The van der Waals surface area contributed by atoms with E-state index in [9.17, 15) is 18.4 Å². The predicted octanol–water partition coefficient (Wildman–Crippen LogP) is 4.58. The fourth-order valence-electron chi connectivity index (χ4n) is 2.58. The molecule has 2 aromatic carbocycles. The van der Waals surface area contributed by atoms with Crippen LogP contribution in [0.3, 0.4) is 0 Å². The molecule has 1 aromatic heterocycles. The minimum Gasteiger partial charge on any atom is -0.323 e. The molecule has 28 heavy (non-hydrogen) atoms. The van der Waals surface area contributed by atoms with Gasteiger partial charge in [-0.15, -0.1) is 0 Å². The molecule has 0 aliphatic heterocycles. The summed E-state index contributed by atoms with van der Waals surface area (Å²) in [5.41, 5.74) is 0.0749. The number of benzene rings is 2. The van der Waals surface area contributed by atoms with E-state index < -0.39 is 22.8 Å². The maximum absolute atomic E-state index is 13.7. The third-order valence-electron chi connectivity index (χ3n) is 4.04. The lowest BCUT2D eigenvalue weighted by Crippen LogP contribution is -2.27. The molecule has 1 N–H and O–H groups in total. The molecule has 3 aromatic rings. The van der Waals surface area contributed by atoms with Gasteiger partial charge in [0.1, 0.15) is 11.6 Å². The lowest BCUT2D eigenvalue weighted by molar-refractivity contribution is -0.115. The number of fused-ring (bicyclic) bond motifs is 1. The first-order valence-corrected chi connectivity index (χ1v) is 10.1. The van der Waals surface area contributed by atoms with Gasteiger partial charge >= 0.3 is 0 Å². The van der Waals surface area contributed by atoms with Crippen molar-refractivity contribution in [2.75, 3.05) is 5.32 Å². The molecule has 1 atom stereocenters. The van der Waals surface area contributed by atoms with E-state index in [1.54, 1.807) is 25.1 Å². The van der Waals surface area contributed by atoms with Gasteiger partial charge in [0.15, 0.2) is 5.16 Å². The number of hydrogen-bond donors (Lipinski definition) is 1. The highest BCUT2D eigenvalue weighted by Crippen LogP contribution is 2.25. The average molecular weight is 468 g/mol. The molecule has 0 aliphatic rings. The molecular formula is C19H16BrF2N3O2S. The Bertz CT molecular complexity index is 1120. The average Bonchev–Trinajstić information content (AvgIpc) is 2.65. The quantitative estimate of drug-likeness (QED) is 0.440. The fraction of sp³-hybridized carbons (Fsp3) is 0.211. The smallest absolute Gasteiger partial charge is 0.262 e. The van der Waals surface area contributed by atoms with Gasteiger partial charge < -0.3 is 5.32 Å². The highest BCUT2D eigenvalue weighted by Gasteiger charge is 2.20. The Labute approximate surface area is 172 Å². The summed E-state index contributed by atoms with van der Waals surface area (Å²) in [6.45, 7) is 3.79. The number of anilines is 1. The van der Waals surface area contributed by atoms with Gasteiger partial charge in [-0.25, -0.2) is 13.8 Å². The Kier molecular flexibility index (Phi) is 6.14. The van der Waals surface area contributed by atoms with Crippen LogP contribution in [-0.2, 0) is 11.3 Å². The van der Waals surface area contributed by atoms with Gasteiger partial charge in [0, 0.05) is 17.1 Å². The summed E-state index contributed by atoms with van der Waals surface area (Å²) in [6.07, 6.45) is 0. The lowest BCUT2D eigenvalue weighted by atomic mass is 10.2. The van der Waals surface area contributed by atoms with Crippen LogP contribution in [0.2, 0.25) is 0 Å². The van der Waals surface area contributed by atoms with Crippen molar-refractivity contribution in [3.63, 3.8) is 0 Å². The number of amides is 1. The molecule has 9 heteroatoms. The van der Waals surface area contributed by atoms with Crippen molar-refractivity contribution >= 4 is 50.2 Å². The van der Waals surface area contributed by atoms with E-state index in [0.717, 1.165) is 34.4 Å². The monoisotopic (exact) mass is 467 g/mol. The number of thioether (sulfide) groups is 1. The zero-order valence-corrected chi connectivity index (χ0v) is 17.4. The van der Waals surface area contributed by atoms with Crippen molar-refractivity contribution < 1.29 is 13.6 Å². The summed E-state index contributed by atoms with van der Waals surface area (Å²) in [7, 11) is 0. The molecule has 5 nitrogen and oxygen atoms in total. The zero-order valence-electron chi connectivity index (χ0n) is 15.0. The van der Waals surface area contributed by atoms with Gasteiger partial charge in [0.2, 0.25) is 5.91 Å². The van der Waals surface area contributed by atoms with Gasteiger partial charge in [-0.3, -0.25) is 14.2 Å². The van der Waals surface area contributed by atoms with Crippen LogP contribution in [-0.4, -0.2) is 20.7 Å². The molecule has 0 spiro atoms. The molecular weight excluding hydrogens is 452 g/mol. The summed E-state index contributed by atoms with van der Waals surface area (Å²) < 4.78 is 29.3. The highest BCUT2D eigenvalue weighted by atomic mass is 79.9. The van der Waals surface area contributed by atoms with Crippen LogP contribution in [0.1, 0.15) is 13.8 Å². The largest absolute Gasteiger partial charge is 0.323 e. The molecule has 0 saturated heterocycles. The number of nitrogens with one attached hydrogen (secondary N) is 1. The highest BCUT2D eigenvalue weighted by molar-refractivity contribution is 9.10. The van der Waals surface area contributed by atoms with Gasteiger partial charge in [0.05, 0.1) is 21.8 Å². The molecule has 1 unspecified atom stereocenters. The second-order valence-electron chi connectivity index (χ2n) is 5.98. The topological polar surface area (TPSA) is 64.0 Å². The van der Waals surface area contributed by atoms with Crippen molar-refractivity contribution in [2.45, 2.75) is 30.8 Å². The van der Waals surface area contributed by atoms with Gasteiger partial charge in [-0.2, -0.15) is 0 Å². The van der Waals surface area contributed by atoms with Gasteiger partial charge in [-0.1, -0.05) is 27.7 Å². The van der Waals surface area contributed by atoms with E-state index in [0.29, 0.717) is 22.6 Å². The van der Waals surface area contributed by atoms with E-state index in [2.05, 4.69) is 26.2 Å². The lowest BCUT2D eigenvalue weighted by Gasteiger charge is -2.15. The van der Waals surface area contributed by atoms with E-state index in [-0.39, 0.29) is 11.2 Å². The number of carbonyl (C=O) groups excluding carboxylic acids is 1. The summed E-state index contributed by atoms with van der Waals surface area (Å²) in [5.74, 6) is -1.91. The molecule has 0 saturated carbocycles. The van der Waals surface area contributed by atoms with Crippen molar-refractivity contribution in [1.82, 2.24) is 9.55 Å². The Morgan fingerprint density at radius 3 is 2.75 bits per heavy atom. The fourth-order valence-corrected chi connectivity index (χ4v) is 3.91. The summed E-state index contributed by atoms with van der Waals surface area (Å²) >= 11 is 4.42. The normalized spacial score (nSPS) is 12.2. The van der Waals surface area contributed by atoms with Crippen molar-refractivity contribution in [3.8, 4) is 0 Å². The third kappa shape index (κ3) is 4.25. The Balaban J connectivity index is 1.89. The van der Waals surface area contributed by atoms with Crippen LogP contribution in [0.5, 0.6) is 0 Å². The van der Waals surface area contributed by atoms with Crippen LogP contribution in [0.15, 0.2) is 50.8 Å². The molecule has 0 aliphatic carbocycles. The van der Waals surface area contributed by atoms with Gasteiger partial charge in [0.25, 0.3) is 5.56 Å². The van der Waals surface area contributed by atoms with E-state index >= 15 is 0 Å². The standard InChI is InChI=1S/C19H16BrF2N3O2S/c1-3-25-18(27)13-8-11(20)4-7-15(13)24-19(25)28-10(2)17(26)23-16-9-12(21)5-6-14(16)22/h4-10H,3H2,1-2H3,(H,23,26). The molecule has 0 bridgehead atoms. The molecule has 146 valence electrons. The number of nitrogens with zero attached hydrogens (tertiary/aromatic N) is 2. The minimum absolute atomic E-state index is 0.208.